The third-order valence-corrected chi connectivity index (χ3v) is 6.29. The largest absolute Gasteiger partial charge is 0.573 e. The molecule has 11 heteroatoms. The molecule has 3 aromatic carbocycles. The van der Waals surface area contributed by atoms with E-state index in [1.54, 1.807) is 5.38 Å². The SMILES string of the molecule is O=C(COc1ccc(OC(F)(F)F)cc1)NCc1nc(C(=O)NC(Cc2ccccc2)c2ccccc2)cs1. The molecule has 0 radical (unpaired) electrons. The third-order valence-electron chi connectivity index (χ3n) is 5.44. The number of carbonyl (C=O) groups is 2. The molecule has 0 saturated carbocycles. The Hall–Kier alpha value is -4.38. The molecule has 1 atom stereocenters. The Labute approximate surface area is 226 Å². The monoisotopic (exact) mass is 555 g/mol. The van der Waals surface area contributed by atoms with Crippen LogP contribution in [-0.2, 0) is 17.8 Å². The molecule has 0 fully saturated rings. The van der Waals surface area contributed by atoms with E-state index in [0.29, 0.717) is 11.4 Å². The lowest BCUT2D eigenvalue weighted by atomic mass is 9.99. The zero-order valence-corrected chi connectivity index (χ0v) is 21.3. The van der Waals surface area contributed by atoms with Gasteiger partial charge in [-0.15, -0.1) is 24.5 Å². The van der Waals surface area contributed by atoms with Crippen LogP contribution < -0.4 is 20.1 Å². The summed E-state index contributed by atoms with van der Waals surface area (Å²) in [6.07, 6.45) is -4.17. The van der Waals surface area contributed by atoms with Crippen molar-refractivity contribution in [2.45, 2.75) is 25.4 Å². The Kier molecular flexibility index (Phi) is 9.16. The molecule has 4 aromatic rings. The number of ether oxygens (including phenoxy) is 2. The van der Waals surface area contributed by atoms with E-state index in [2.05, 4.69) is 20.4 Å². The standard InChI is InChI=1S/C28H24F3N3O4S/c29-28(30,31)38-22-13-11-21(12-14-22)37-17-25(35)32-16-26-33-24(18-39-26)27(36)34-23(20-9-5-2-6-10-20)15-19-7-3-1-4-8-19/h1-14,18,23H,15-17H2,(H,32,35)(H,34,36). The van der Waals surface area contributed by atoms with Crippen molar-refractivity contribution in [3.05, 3.63) is 112 Å². The number of hydrogen-bond acceptors (Lipinski definition) is 6. The Balaban J connectivity index is 1.27. The molecule has 39 heavy (non-hydrogen) atoms. The summed E-state index contributed by atoms with van der Waals surface area (Å²) in [6.45, 7) is -0.263. The second-order valence-corrected chi connectivity index (χ2v) is 9.28. The van der Waals surface area contributed by atoms with Crippen LogP contribution in [0.1, 0.15) is 32.7 Å². The first-order chi connectivity index (χ1) is 18.7. The van der Waals surface area contributed by atoms with Crippen molar-refractivity contribution in [3.8, 4) is 11.5 Å². The van der Waals surface area contributed by atoms with E-state index in [1.165, 1.54) is 23.5 Å². The number of alkyl halides is 3. The van der Waals surface area contributed by atoms with Crippen LogP contribution in [0.4, 0.5) is 13.2 Å². The lowest BCUT2D eigenvalue weighted by Gasteiger charge is -2.19. The van der Waals surface area contributed by atoms with Gasteiger partial charge in [-0.1, -0.05) is 60.7 Å². The van der Waals surface area contributed by atoms with Gasteiger partial charge in [0.15, 0.2) is 6.61 Å². The van der Waals surface area contributed by atoms with Crippen molar-refractivity contribution in [2.75, 3.05) is 6.61 Å². The third kappa shape index (κ3) is 8.85. The Morgan fingerprint density at radius 1 is 0.897 bits per heavy atom. The molecule has 2 amide bonds. The van der Waals surface area contributed by atoms with Gasteiger partial charge in [0.05, 0.1) is 12.6 Å². The fourth-order valence-electron chi connectivity index (χ4n) is 3.63. The van der Waals surface area contributed by atoms with Gasteiger partial charge in [0.2, 0.25) is 0 Å². The topological polar surface area (TPSA) is 89.6 Å². The van der Waals surface area contributed by atoms with Crippen LogP contribution in [0.2, 0.25) is 0 Å². The van der Waals surface area contributed by atoms with Crippen molar-refractivity contribution in [2.24, 2.45) is 0 Å². The van der Waals surface area contributed by atoms with Gasteiger partial charge >= 0.3 is 6.36 Å². The van der Waals surface area contributed by atoms with E-state index in [9.17, 15) is 22.8 Å². The number of thiazole rings is 1. The van der Waals surface area contributed by atoms with E-state index >= 15 is 0 Å². The Morgan fingerprint density at radius 3 is 2.21 bits per heavy atom. The van der Waals surface area contributed by atoms with Gasteiger partial charge in [0, 0.05) is 5.38 Å². The summed E-state index contributed by atoms with van der Waals surface area (Å²) < 4.78 is 45.8. The van der Waals surface area contributed by atoms with Crippen LogP contribution in [0.3, 0.4) is 0 Å². The van der Waals surface area contributed by atoms with Crippen molar-refractivity contribution < 1.29 is 32.2 Å². The molecule has 1 heterocycles. The first-order valence-corrected chi connectivity index (χ1v) is 12.7. The lowest BCUT2D eigenvalue weighted by molar-refractivity contribution is -0.274. The molecule has 0 aliphatic carbocycles. The quantitative estimate of drug-likeness (QED) is 0.257. The molecule has 0 aliphatic rings. The number of carbonyl (C=O) groups excluding carboxylic acids is 2. The molecule has 0 bridgehead atoms. The second-order valence-electron chi connectivity index (χ2n) is 8.34. The number of rotatable bonds is 11. The predicted octanol–water partition coefficient (Wildman–Crippen LogP) is 5.45. The number of aromatic nitrogens is 1. The number of halogens is 3. The minimum Gasteiger partial charge on any atom is -0.484 e. The number of nitrogens with zero attached hydrogens (tertiary/aromatic N) is 1. The number of nitrogens with one attached hydrogen (secondary N) is 2. The molecule has 0 aliphatic heterocycles. The second kappa shape index (κ2) is 12.9. The first kappa shape index (κ1) is 27.6. The molecule has 202 valence electrons. The average molecular weight is 556 g/mol. The predicted molar refractivity (Wildman–Crippen MR) is 139 cm³/mol. The van der Waals surface area contributed by atoms with E-state index < -0.39 is 18.0 Å². The molecule has 4 rings (SSSR count). The highest BCUT2D eigenvalue weighted by Crippen LogP contribution is 2.25. The van der Waals surface area contributed by atoms with Crippen LogP contribution in [0.25, 0.3) is 0 Å². The van der Waals surface area contributed by atoms with Crippen LogP contribution >= 0.6 is 11.3 Å². The molecular formula is C28H24F3N3O4S. The molecule has 7 nitrogen and oxygen atoms in total. The molecule has 0 saturated heterocycles. The summed E-state index contributed by atoms with van der Waals surface area (Å²) in [5.74, 6) is -0.969. The maximum atomic E-state index is 13.0. The van der Waals surface area contributed by atoms with Crippen molar-refractivity contribution in [1.82, 2.24) is 15.6 Å². The Morgan fingerprint density at radius 2 is 1.54 bits per heavy atom. The van der Waals surface area contributed by atoms with Gasteiger partial charge in [-0.05, 0) is 41.8 Å². The van der Waals surface area contributed by atoms with Crippen LogP contribution in [0, 0.1) is 0 Å². The highest BCUT2D eigenvalue weighted by atomic mass is 32.1. The van der Waals surface area contributed by atoms with E-state index in [4.69, 9.17) is 4.74 Å². The summed E-state index contributed by atoms with van der Waals surface area (Å²) in [7, 11) is 0. The summed E-state index contributed by atoms with van der Waals surface area (Å²) in [5, 5.41) is 7.86. The normalized spacial score (nSPS) is 11.9. The van der Waals surface area contributed by atoms with E-state index in [-0.39, 0.29) is 36.5 Å². The van der Waals surface area contributed by atoms with Gasteiger partial charge in [0.25, 0.3) is 11.8 Å². The van der Waals surface area contributed by atoms with E-state index in [1.807, 2.05) is 60.7 Å². The minimum absolute atomic E-state index is 0.0879. The maximum Gasteiger partial charge on any atom is 0.573 e. The van der Waals surface area contributed by atoms with Gasteiger partial charge < -0.3 is 20.1 Å². The highest BCUT2D eigenvalue weighted by Gasteiger charge is 2.31. The lowest BCUT2D eigenvalue weighted by Crippen LogP contribution is -2.30. The van der Waals surface area contributed by atoms with Crippen LogP contribution in [0.5, 0.6) is 11.5 Å². The zero-order valence-electron chi connectivity index (χ0n) is 20.5. The smallest absolute Gasteiger partial charge is 0.484 e. The van der Waals surface area contributed by atoms with Crippen LogP contribution in [-0.4, -0.2) is 29.8 Å². The summed E-state index contributed by atoms with van der Waals surface area (Å²) in [5.41, 5.74) is 2.30. The fraction of sp³-hybridized carbons (Fsp3) is 0.179. The van der Waals surface area contributed by atoms with Gasteiger partial charge in [-0.3, -0.25) is 9.59 Å². The van der Waals surface area contributed by atoms with Crippen LogP contribution in [0.15, 0.2) is 90.3 Å². The molecular weight excluding hydrogens is 531 g/mol. The van der Waals surface area contributed by atoms with Gasteiger partial charge in [-0.25, -0.2) is 4.98 Å². The molecule has 2 N–H and O–H groups in total. The number of benzene rings is 3. The van der Waals surface area contributed by atoms with Gasteiger partial charge in [0.1, 0.15) is 22.2 Å². The van der Waals surface area contributed by atoms with E-state index in [0.717, 1.165) is 23.3 Å². The summed E-state index contributed by atoms with van der Waals surface area (Å²) in [6, 6.07) is 24.0. The van der Waals surface area contributed by atoms with Crippen molar-refractivity contribution in [3.63, 3.8) is 0 Å². The molecule has 0 spiro atoms. The van der Waals surface area contributed by atoms with Gasteiger partial charge in [-0.2, -0.15) is 0 Å². The minimum atomic E-state index is -4.79. The number of amides is 2. The fourth-order valence-corrected chi connectivity index (χ4v) is 4.34. The molecule has 1 aromatic heterocycles. The average Bonchev–Trinajstić information content (AvgIpc) is 3.41. The van der Waals surface area contributed by atoms with Crippen molar-refractivity contribution in [1.29, 1.82) is 0 Å². The molecule has 1 unspecified atom stereocenters. The maximum absolute atomic E-state index is 13.0. The zero-order chi connectivity index (χ0) is 27.7. The summed E-state index contributed by atoms with van der Waals surface area (Å²) in [4.78, 5) is 29.5. The first-order valence-electron chi connectivity index (χ1n) is 11.8. The summed E-state index contributed by atoms with van der Waals surface area (Å²) >= 11 is 1.23. The highest BCUT2D eigenvalue weighted by molar-refractivity contribution is 7.09. The number of hydrogen-bond donors (Lipinski definition) is 2. The van der Waals surface area contributed by atoms with Crippen molar-refractivity contribution >= 4 is 23.2 Å². The Bertz CT molecular complexity index is 1360.